The summed E-state index contributed by atoms with van der Waals surface area (Å²) in [5.41, 5.74) is 5.12. The molecule has 0 amide bonds. The zero-order valence-electron chi connectivity index (χ0n) is 14.1. The Morgan fingerprint density at radius 3 is 2.54 bits per heavy atom. The molecular formula is C17H17N3O6. The first-order chi connectivity index (χ1) is 12.5. The molecule has 0 bridgehead atoms. The lowest BCUT2D eigenvalue weighted by Crippen LogP contribution is -2.35. The smallest absolute Gasteiger partial charge is 0.340 e. The van der Waals surface area contributed by atoms with Gasteiger partial charge in [0.05, 0.1) is 25.2 Å². The van der Waals surface area contributed by atoms with E-state index in [-0.39, 0.29) is 29.5 Å². The third kappa shape index (κ3) is 2.94. The number of nitrogens with one attached hydrogen (secondary N) is 2. The summed E-state index contributed by atoms with van der Waals surface area (Å²) in [5, 5.41) is 0. The van der Waals surface area contributed by atoms with Gasteiger partial charge in [-0.2, -0.15) is 0 Å². The Labute approximate surface area is 147 Å². The van der Waals surface area contributed by atoms with Crippen LogP contribution in [-0.2, 0) is 9.53 Å². The van der Waals surface area contributed by atoms with Gasteiger partial charge in [0.1, 0.15) is 11.3 Å². The predicted molar refractivity (Wildman–Crippen MR) is 91.0 cm³/mol. The van der Waals surface area contributed by atoms with Crippen LogP contribution in [0.2, 0.25) is 0 Å². The SMILES string of the molecule is CCOC(=O)C1=C(N)Oc2[nH]c(=O)[nH]c(=O)c2C1c1ccc(OC)cc1. The molecule has 9 nitrogen and oxygen atoms in total. The number of esters is 1. The fourth-order valence-electron chi connectivity index (χ4n) is 2.83. The number of nitrogens with two attached hydrogens (primary N) is 1. The molecule has 3 rings (SSSR count). The third-order valence-corrected chi connectivity index (χ3v) is 3.94. The number of aromatic nitrogens is 2. The number of carbonyl (C=O) groups excluding carboxylic acids is 1. The number of fused-ring (bicyclic) bond motifs is 1. The van der Waals surface area contributed by atoms with E-state index in [0.29, 0.717) is 11.3 Å². The van der Waals surface area contributed by atoms with Crippen LogP contribution in [0, 0.1) is 0 Å². The van der Waals surface area contributed by atoms with Crippen molar-refractivity contribution in [2.24, 2.45) is 5.73 Å². The van der Waals surface area contributed by atoms with Gasteiger partial charge in [-0.25, -0.2) is 9.59 Å². The molecule has 4 N–H and O–H groups in total. The summed E-state index contributed by atoms with van der Waals surface area (Å²) in [5.74, 6) is -1.32. The van der Waals surface area contributed by atoms with E-state index < -0.39 is 23.1 Å². The Balaban J connectivity index is 2.25. The second-order valence-corrected chi connectivity index (χ2v) is 5.46. The standard InChI is InChI=1S/C17H17N3O6/c1-3-25-16(22)11-10(8-4-6-9(24-2)7-5-8)12-14(21)19-17(23)20-15(12)26-13(11)18/h4-7,10H,3,18H2,1-2H3,(H2,19,20,21,23). The van der Waals surface area contributed by atoms with Crippen LogP contribution in [0.5, 0.6) is 11.6 Å². The van der Waals surface area contributed by atoms with E-state index in [1.807, 2.05) is 0 Å². The van der Waals surface area contributed by atoms with Crippen LogP contribution in [0.1, 0.15) is 24.0 Å². The van der Waals surface area contributed by atoms with E-state index in [2.05, 4.69) is 9.97 Å². The van der Waals surface area contributed by atoms with Gasteiger partial charge >= 0.3 is 11.7 Å². The van der Waals surface area contributed by atoms with Crippen molar-refractivity contribution in [1.29, 1.82) is 0 Å². The van der Waals surface area contributed by atoms with Crippen LogP contribution in [0.25, 0.3) is 0 Å². The highest BCUT2D eigenvalue weighted by molar-refractivity contribution is 5.92. The Morgan fingerprint density at radius 1 is 1.23 bits per heavy atom. The second kappa shape index (κ2) is 6.79. The molecule has 2 aromatic rings. The van der Waals surface area contributed by atoms with Gasteiger partial charge in [0, 0.05) is 0 Å². The summed E-state index contributed by atoms with van der Waals surface area (Å²) in [7, 11) is 1.52. The van der Waals surface area contributed by atoms with Crippen molar-refractivity contribution in [3.63, 3.8) is 0 Å². The maximum atomic E-state index is 12.5. The lowest BCUT2D eigenvalue weighted by atomic mass is 9.84. The molecule has 0 saturated carbocycles. The molecule has 1 atom stereocenters. The van der Waals surface area contributed by atoms with E-state index in [9.17, 15) is 14.4 Å². The van der Waals surface area contributed by atoms with Crippen molar-refractivity contribution in [2.75, 3.05) is 13.7 Å². The minimum absolute atomic E-state index is 0.0120. The van der Waals surface area contributed by atoms with Crippen LogP contribution in [0.15, 0.2) is 45.3 Å². The number of hydrogen-bond acceptors (Lipinski definition) is 7. The molecule has 1 aromatic heterocycles. The lowest BCUT2D eigenvalue weighted by Gasteiger charge is -2.27. The number of hydrogen-bond donors (Lipinski definition) is 3. The van der Waals surface area contributed by atoms with Crippen LogP contribution in [-0.4, -0.2) is 29.7 Å². The summed E-state index contributed by atoms with van der Waals surface area (Å²) in [4.78, 5) is 41.0. The maximum Gasteiger partial charge on any atom is 0.340 e. The molecule has 1 unspecified atom stereocenters. The average molecular weight is 359 g/mol. The zero-order valence-corrected chi connectivity index (χ0v) is 14.1. The normalized spacial score (nSPS) is 15.8. The Morgan fingerprint density at radius 2 is 1.92 bits per heavy atom. The highest BCUT2D eigenvalue weighted by Gasteiger charge is 2.38. The number of carbonyl (C=O) groups is 1. The molecule has 1 aromatic carbocycles. The molecule has 9 heteroatoms. The Bertz CT molecular complexity index is 987. The molecule has 136 valence electrons. The highest BCUT2D eigenvalue weighted by Crippen LogP contribution is 2.39. The van der Waals surface area contributed by atoms with E-state index in [1.165, 1.54) is 7.11 Å². The molecule has 1 aliphatic rings. The summed E-state index contributed by atoms with van der Waals surface area (Å²) < 4.78 is 15.5. The van der Waals surface area contributed by atoms with Gasteiger partial charge in [0.15, 0.2) is 0 Å². The lowest BCUT2D eigenvalue weighted by molar-refractivity contribution is -0.139. The van der Waals surface area contributed by atoms with Crippen molar-refractivity contribution in [3.8, 4) is 11.6 Å². The number of aromatic amines is 2. The number of benzene rings is 1. The topological polar surface area (TPSA) is 136 Å². The molecule has 2 heterocycles. The van der Waals surface area contributed by atoms with Gasteiger partial charge in [-0.1, -0.05) is 12.1 Å². The van der Waals surface area contributed by atoms with Crippen LogP contribution < -0.4 is 26.5 Å². The summed E-state index contributed by atoms with van der Waals surface area (Å²) in [6, 6.07) is 6.75. The minimum atomic E-state index is -0.871. The monoisotopic (exact) mass is 359 g/mol. The molecule has 0 spiro atoms. The number of rotatable bonds is 4. The molecule has 0 radical (unpaired) electrons. The fourth-order valence-corrected chi connectivity index (χ4v) is 2.83. The van der Waals surface area contributed by atoms with Crippen molar-refractivity contribution in [3.05, 3.63) is 67.7 Å². The van der Waals surface area contributed by atoms with Gasteiger partial charge in [0.25, 0.3) is 5.56 Å². The average Bonchev–Trinajstić information content (AvgIpc) is 2.60. The number of methoxy groups -OCH3 is 1. The first kappa shape index (κ1) is 17.3. The first-order valence-electron chi connectivity index (χ1n) is 7.81. The van der Waals surface area contributed by atoms with E-state index in [0.717, 1.165) is 0 Å². The predicted octanol–water partition coefficient (Wildman–Crippen LogP) is 0.330. The minimum Gasteiger partial charge on any atom is -0.497 e. The van der Waals surface area contributed by atoms with Gasteiger partial charge in [-0.3, -0.25) is 14.8 Å². The Kier molecular flexibility index (Phi) is 4.53. The van der Waals surface area contributed by atoms with Crippen molar-refractivity contribution < 1.29 is 19.0 Å². The van der Waals surface area contributed by atoms with Crippen molar-refractivity contribution >= 4 is 5.97 Å². The number of ether oxygens (including phenoxy) is 3. The second-order valence-electron chi connectivity index (χ2n) is 5.46. The number of H-pyrrole nitrogens is 2. The molecule has 26 heavy (non-hydrogen) atoms. The third-order valence-electron chi connectivity index (χ3n) is 3.94. The quantitative estimate of drug-likeness (QED) is 0.669. The van der Waals surface area contributed by atoms with E-state index >= 15 is 0 Å². The highest BCUT2D eigenvalue weighted by atomic mass is 16.5. The molecule has 0 saturated heterocycles. The fraction of sp³-hybridized carbons (Fsp3) is 0.235. The molecular weight excluding hydrogens is 342 g/mol. The van der Waals surface area contributed by atoms with E-state index in [4.69, 9.17) is 19.9 Å². The summed E-state index contributed by atoms with van der Waals surface area (Å²) >= 11 is 0. The van der Waals surface area contributed by atoms with Crippen LogP contribution >= 0.6 is 0 Å². The summed E-state index contributed by atoms with van der Waals surface area (Å²) in [6.45, 7) is 1.78. The Hall–Kier alpha value is -3.49. The van der Waals surface area contributed by atoms with Gasteiger partial charge < -0.3 is 19.9 Å². The molecule has 0 aliphatic carbocycles. The van der Waals surface area contributed by atoms with Crippen molar-refractivity contribution in [2.45, 2.75) is 12.8 Å². The van der Waals surface area contributed by atoms with Crippen LogP contribution in [0.3, 0.4) is 0 Å². The first-order valence-corrected chi connectivity index (χ1v) is 7.81. The van der Waals surface area contributed by atoms with Crippen LogP contribution in [0.4, 0.5) is 0 Å². The maximum absolute atomic E-state index is 12.5. The molecule has 1 aliphatic heterocycles. The summed E-state index contributed by atoms with van der Waals surface area (Å²) in [6.07, 6.45) is 0. The van der Waals surface area contributed by atoms with Gasteiger partial charge in [0.2, 0.25) is 11.8 Å². The zero-order chi connectivity index (χ0) is 18.8. The molecule has 0 fully saturated rings. The van der Waals surface area contributed by atoms with Crippen molar-refractivity contribution in [1.82, 2.24) is 9.97 Å². The largest absolute Gasteiger partial charge is 0.497 e. The van der Waals surface area contributed by atoms with E-state index in [1.54, 1.807) is 31.2 Å². The van der Waals surface area contributed by atoms with Gasteiger partial charge in [-0.05, 0) is 24.6 Å². The van der Waals surface area contributed by atoms with Gasteiger partial charge in [-0.15, -0.1) is 0 Å².